The topological polar surface area (TPSA) is 79.3 Å². The zero-order valence-electron chi connectivity index (χ0n) is 11.5. The summed E-state index contributed by atoms with van der Waals surface area (Å²) in [4.78, 5) is 4.07. The number of aromatic hydroxyl groups is 1. The van der Waals surface area contributed by atoms with Gasteiger partial charge in [0.2, 0.25) is 0 Å². The van der Waals surface area contributed by atoms with Crippen molar-refractivity contribution in [2.75, 3.05) is 4.72 Å². The number of benzene rings is 2. The number of aromatic nitrogens is 1. The van der Waals surface area contributed by atoms with Crippen LogP contribution in [-0.4, -0.2) is 18.5 Å². The van der Waals surface area contributed by atoms with E-state index >= 15 is 0 Å². The predicted octanol–water partition coefficient (Wildman–Crippen LogP) is 4.00. The predicted molar refractivity (Wildman–Crippen MR) is 98.4 cm³/mol. The van der Waals surface area contributed by atoms with Gasteiger partial charge in [0.05, 0.1) is 8.59 Å². The standard InChI is InChI=1S/C15H10ClIN2O3S/c16-11-8-12(17)15(20)14-10(11)6-7-13(18-14)23(21,22)19-9-4-2-1-3-5-9/h1-8,19-20H. The highest BCUT2D eigenvalue weighted by Gasteiger charge is 2.19. The van der Waals surface area contributed by atoms with Gasteiger partial charge in [-0.1, -0.05) is 29.8 Å². The lowest BCUT2D eigenvalue weighted by Crippen LogP contribution is -2.14. The molecule has 1 aromatic heterocycles. The van der Waals surface area contributed by atoms with Gasteiger partial charge in [0, 0.05) is 11.1 Å². The van der Waals surface area contributed by atoms with Gasteiger partial charge in [0.1, 0.15) is 5.52 Å². The molecule has 3 rings (SSSR count). The van der Waals surface area contributed by atoms with E-state index in [0.29, 0.717) is 19.7 Å². The Kier molecular flexibility index (Phi) is 4.35. The summed E-state index contributed by atoms with van der Waals surface area (Å²) >= 11 is 8.02. The maximum absolute atomic E-state index is 12.4. The maximum atomic E-state index is 12.4. The average molecular weight is 461 g/mol. The molecule has 2 N–H and O–H groups in total. The van der Waals surface area contributed by atoms with E-state index in [1.54, 1.807) is 36.4 Å². The van der Waals surface area contributed by atoms with Gasteiger partial charge in [0.25, 0.3) is 10.0 Å². The molecule has 0 saturated heterocycles. The first-order chi connectivity index (χ1) is 10.9. The molecule has 0 aliphatic carbocycles. The number of phenols is 1. The van der Waals surface area contributed by atoms with Crippen molar-refractivity contribution in [1.82, 2.24) is 4.98 Å². The Hall–Kier alpha value is -1.58. The Balaban J connectivity index is 2.11. The normalized spacial score (nSPS) is 11.6. The van der Waals surface area contributed by atoms with Crippen LogP contribution in [-0.2, 0) is 10.0 Å². The Bertz CT molecular complexity index is 995. The molecule has 0 fully saturated rings. The summed E-state index contributed by atoms with van der Waals surface area (Å²) < 4.78 is 27.8. The molecule has 0 spiro atoms. The van der Waals surface area contributed by atoms with Crippen LogP contribution in [0.2, 0.25) is 5.02 Å². The second-order valence-electron chi connectivity index (χ2n) is 4.71. The zero-order chi connectivity index (χ0) is 16.6. The lowest BCUT2D eigenvalue weighted by molar-refractivity contribution is 0.476. The molecular formula is C15H10ClIN2O3S. The van der Waals surface area contributed by atoms with Gasteiger partial charge in [0.15, 0.2) is 10.8 Å². The van der Waals surface area contributed by atoms with E-state index in [2.05, 4.69) is 9.71 Å². The molecule has 0 aliphatic rings. The summed E-state index contributed by atoms with van der Waals surface area (Å²) in [5.74, 6) is -0.0956. The highest BCUT2D eigenvalue weighted by molar-refractivity contribution is 14.1. The van der Waals surface area contributed by atoms with Crippen LogP contribution < -0.4 is 4.72 Å². The third-order valence-electron chi connectivity index (χ3n) is 3.13. The average Bonchev–Trinajstić information content (AvgIpc) is 2.53. The van der Waals surface area contributed by atoms with Gasteiger partial charge in [-0.05, 0) is 52.9 Å². The summed E-state index contributed by atoms with van der Waals surface area (Å²) in [6.45, 7) is 0. The number of fused-ring (bicyclic) bond motifs is 1. The third kappa shape index (κ3) is 3.22. The molecule has 0 aliphatic heterocycles. The Morgan fingerprint density at radius 2 is 1.83 bits per heavy atom. The number of phenolic OH excluding ortho intramolecular Hbond substituents is 1. The first-order valence-corrected chi connectivity index (χ1v) is 9.38. The first-order valence-electron chi connectivity index (χ1n) is 6.44. The molecular weight excluding hydrogens is 451 g/mol. The monoisotopic (exact) mass is 460 g/mol. The van der Waals surface area contributed by atoms with E-state index in [1.165, 1.54) is 12.1 Å². The van der Waals surface area contributed by atoms with Crippen LogP contribution in [0.1, 0.15) is 0 Å². The van der Waals surface area contributed by atoms with E-state index < -0.39 is 10.0 Å². The number of pyridine rings is 1. The Morgan fingerprint density at radius 1 is 1.13 bits per heavy atom. The minimum atomic E-state index is -3.87. The number of rotatable bonds is 3. The molecule has 0 saturated carbocycles. The number of para-hydroxylation sites is 1. The number of anilines is 1. The quantitative estimate of drug-likeness (QED) is 0.579. The minimum absolute atomic E-state index is 0.0956. The van der Waals surface area contributed by atoms with Crippen molar-refractivity contribution < 1.29 is 13.5 Å². The molecule has 0 unspecified atom stereocenters. The summed E-state index contributed by atoms with van der Waals surface area (Å²) in [5, 5.41) is 10.8. The minimum Gasteiger partial charge on any atom is -0.505 e. The second-order valence-corrected chi connectivity index (χ2v) is 7.90. The number of nitrogens with zero attached hydrogens (tertiary/aromatic N) is 1. The SMILES string of the molecule is O=S(=O)(Nc1ccccc1)c1ccc2c(Cl)cc(I)c(O)c2n1. The van der Waals surface area contributed by atoms with E-state index in [1.807, 2.05) is 22.6 Å². The highest BCUT2D eigenvalue weighted by Crippen LogP contribution is 2.34. The van der Waals surface area contributed by atoms with E-state index in [4.69, 9.17) is 11.6 Å². The number of nitrogens with one attached hydrogen (secondary N) is 1. The van der Waals surface area contributed by atoms with Crippen LogP contribution in [0.3, 0.4) is 0 Å². The van der Waals surface area contributed by atoms with E-state index in [9.17, 15) is 13.5 Å². The molecule has 1 heterocycles. The van der Waals surface area contributed by atoms with Crippen LogP contribution >= 0.6 is 34.2 Å². The van der Waals surface area contributed by atoms with Crippen molar-refractivity contribution in [3.63, 3.8) is 0 Å². The number of hydrogen-bond donors (Lipinski definition) is 2. The molecule has 0 bridgehead atoms. The van der Waals surface area contributed by atoms with Crippen LogP contribution in [0.25, 0.3) is 10.9 Å². The van der Waals surface area contributed by atoms with Crippen molar-refractivity contribution in [3.8, 4) is 5.75 Å². The van der Waals surface area contributed by atoms with Crippen molar-refractivity contribution in [2.45, 2.75) is 5.03 Å². The molecule has 23 heavy (non-hydrogen) atoms. The van der Waals surface area contributed by atoms with Crippen molar-refractivity contribution >= 4 is 60.8 Å². The fourth-order valence-electron chi connectivity index (χ4n) is 2.05. The lowest BCUT2D eigenvalue weighted by Gasteiger charge is -2.10. The fourth-order valence-corrected chi connectivity index (χ4v) is 4.07. The first kappa shape index (κ1) is 16.3. The number of halogens is 2. The summed E-state index contributed by atoms with van der Waals surface area (Å²) in [5.41, 5.74) is 0.581. The molecule has 8 heteroatoms. The van der Waals surface area contributed by atoms with Crippen LogP contribution in [0.15, 0.2) is 53.6 Å². The Morgan fingerprint density at radius 3 is 2.52 bits per heavy atom. The van der Waals surface area contributed by atoms with Gasteiger partial charge in [-0.15, -0.1) is 0 Å². The second kappa shape index (κ2) is 6.14. The lowest BCUT2D eigenvalue weighted by atomic mass is 10.2. The summed E-state index contributed by atoms with van der Waals surface area (Å²) in [7, 11) is -3.87. The van der Waals surface area contributed by atoms with E-state index in [-0.39, 0.29) is 16.3 Å². The van der Waals surface area contributed by atoms with Gasteiger partial charge in [-0.3, -0.25) is 4.72 Å². The maximum Gasteiger partial charge on any atom is 0.279 e. The highest BCUT2D eigenvalue weighted by atomic mass is 127. The molecule has 2 aromatic carbocycles. The number of sulfonamides is 1. The molecule has 0 amide bonds. The van der Waals surface area contributed by atoms with Gasteiger partial charge in [-0.25, -0.2) is 4.98 Å². The fraction of sp³-hybridized carbons (Fsp3) is 0. The number of hydrogen-bond acceptors (Lipinski definition) is 4. The summed E-state index contributed by atoms with van der Waals surface area (Å²) in [6.07, 6.45) is 0. The van der Waals surface area contributed by atoms with Crippen LogP contribution in [0.5, 0.6) is 5.75 Å². The Labute approximate surface area is 151 Å². The third-order valence-corrected chi connectivity index (χ3v) is 5.55. The smallest absolute Gasteiger partial charge is 0.279 e. The van der Waals surface area contributed by atoms with Gasteiger partial charge >= 0.3 is 0 Å². The molecule has 118 valence electrons. The van der Waals surface area contributed by atoms with Gasteiger partial charge < -0.3 is 5.11 Å². The van der Waals surface area contributed by atoms with Crippen molar-refractivity contribution in [1.29, 1.82) is 0 Å². The molecule has 0 radical (unpaired) electrons. The molecule has 0 atom stereocenters. The van der Waals surface area contributed by atoms with E-state index in [0.717, 1.165) is 0 Å². The van der Waals surface area contributed by atoms with Crippen LogP contribution in [0, 0.1) is 3.57 Å². The molecule has 3 aromatic rings. The van der Waals surface area contributed by atoms with Gasteiger partial charge in [-0.2, -0.15) is 8.42 Å². The zero-order valence-corrected chi connectivity index (χ0v) is 15.2. The van der Waals surface area contributed by atoms with Crippen molar-refractivity contribution in [3.05, 3.63) is 57.1 Å². The summed E-state index contributed by atoms with van der Waals surface area (Å²) in [6, 6.07) is 13.0. The van der Waals surface area contributed by atoms with Crippen molar-refractivity contribution in [2.24, 2.45) is 0 Å². The largest absolute Gasteiger partial charge is 0.505 e. The van der Waals surface area contributed by atoms with Crippen LogP contribution in [0.4, 0.5) is 5.69 Å². The molecule has 5 nitrogen and oxygen atoms in total.